The fourth-order valence-corrected chi connectivity index (χ4v) is 6.72. The minimum absolute atomic E-state index is 0.192. The number of fused-ring (bicyclic) bond motifs is 3. The van der Waals surface area contributed by atoms with Crippen molar-refractivity contribution in [2.24, 2.45) is 23.7 Å². The van der Waals surface area contributed by atoms with Crippen molar-refractivity contribution >= 4 is 22.8 Å². The number of carbonyl (C=O) groups excluding carboxylic acids is 2. The summed E-state index contributed by atoms with van der Waals surface area (Å²) in [6.07, 6.45) is 7.67. The highest BCUT2D eigenvalue weighted by Gasteiger charge is 2.35. The number of aromatic nitrogens is 1. The van der Waals surface area contributed by atoms with Gasteiger partial charge in [0.25, 0.3) is 0 Å². The fraction of sp³-hybridized carbons (Fsp3) is 0.677. The molecule has 4 rings (SSSR count). The third-order valence-electron chi connectivity index (χ3n) is 8.47. The molecule has 1 aromatic carbocycles. The Hall–Kier alpha value is -2.30. The molecule has 2 aliphatic rings. The van der Waals surface area contributed by atoms with Crippen LogP contribution in [0.3, 0.4) is 0 Å². The second-order valence-corrected chi connectivity index (χ2v) is 12.7. The first-order chi connectivity index (χ1) is 17.0. The minimum atomic E-state index is -0.474. The number of benzene rings is 1. The van der Waals surface area contributed by atoms with Crippen molar-refractivity contribution < 1.29 is 14.3 Å². The quantitative estimate of drug-likeness (QED) is 0.434. The first-order valence-corrected chi connectivity index (χ1v) is 14.1. The van der Waals surface area contributed by atoms with E-state index in [0.717, 1.165) is 38.5 Å². The summed E-state index contributed by atoms with van der Waals surface area (Å²) in [4.78, 5) is 30.9. The minimum Gasteiger partial charge on any atom is -0.444 e. The molecule has 1 N–H and O–H groups in total. The summed E-state index contributed by atoms with van der Waals surface area (Å²) in [5.41, 5.74) is 3.70. The van der Waals surface area contributed by atoms with E-state index in [1.54, 1.807) is 4.90 Å². The first kappa shape index (κ1) is 26.8. The topological polar surface area (TPSA) is 62.4 Å². The fourth-order valence-electron chi connectivity index (χ4n) is 6.72. The van der Waals surface area contributed by atoms with Crippen molar-refractivity contribution in [2.45, 2.75) is 97.5 Å². The summed E-state index contributed by atoms with van der Waals surface area (Å²) in [5.74, 6) is 2.71. The second kappa shape index (κ2) is 11.0. The Morgan fingerprint density at radius 2 is 1.78 bits per heavy atom. The molecule has 2 atom stereocenters. The molecule has 36 heavy (non-hydrogen) atoms. The number of nitrogens with zero attached hydrogens (tertiary/aromatic N) is 1. The molecule has 2 aliphatic carbocycles. The number of ether oxygens (including phenoxy) is 1. The lowest BCUT2D eigenvalue weighted by Gasteiger charge is -2.35. The number of rotatable bonds is 7. The average Bonchev–Trinajstić information content (AvgIpc) is 3.19. The van der Waals surface area contributed by atoms with Gasteiger partial charge in [-0.1, -0.05) is 32.0 Å². The number of hydrogen-bond acceptors (Lipinski definition) is 3. The SMILES string of the molecule is CC(C)C1c2[nH]c3ccccc3c2CCC1CCC(=O)C1CCC(CN(C)C(=O)OC(C)(C)C)CC1. The third-order valence-corrected chi connectivity index (χ3v) is 8.47. The number of Topliss-reactive ketones (excluding diaryl/α,β-unsaturated/α-hetero) is 1. The zero-order valence-corrected chi connectivity index (χ0v) is 23.2. The van der Waals surface area contributed by atoms with Gasteiger partial charge in [0, 0.05) is 48.4 Å². The van der Waals surface area contributed by atoms with Crippen LogP contribution in [0.25, 0.3) is 10.9 Å². The van der Waals surface area contributed by atoms with Crippen LogP contribution in [0.4, 0.5) is 4.79 Å². The molecule has 5 nitrogen and oxygen atoms in total. The van der Waals surface area contributed by atoms with E-state index in [1.165, 1.54) is 28.6 Å². The molecule has 198 valence electrons. The largest absolute Gasteiger partial charge is 0.444 e. The van der Waals surface area contributed by atoms with E-state index in [9.17, 15) is 9.59 Å². The number of nitrogens with one attached hydrogen (secondary N) is 1. The highest BCUT2D eigenvalue weighted by atomic mass is 16.6. The normalized spacial score (nSPS) is 24.5. The standard InChI is InChI=1S/C31H46N2O3/c1-20(2)28-23(15-17-25-24-9-7-8-10-26(24)32-29(25)28)16-18-27(34)22-13-11-21(12-14-22)19-33(6)30(35)36-31(3,4)5/h7-10,20-23,28,32H,11-19H2,1-6H3. The predicted molar refractivity (Wildman–Crippen MR) is 146 cm³/mol. The lowest BCUT2D eigenvalue weighted by Crippen LogP contribution is -2.38. The average molecular weight is 495 g/mol. The van der Waals surface area contributed by atoms with Gasteiger partial charge in [-0.2, -0.15) is 0 Å². The second-order valence-electron chi connectivity index (χ2n) is 12.7. The van der Waals surface area contributed by atoms with Gasteiger partial charge in [-0.3, -0.25) is 4.79 Å². The van der Waals surface area contributed by atoms with E-state index in [2.05, 4.69) is 43.1 Å². The van der Waals surface area contributed by atoms with E-state index in [-0.39, 0.29) is 12.0 Å². The summed E-state index contributed by atoms with van der Waals surface area (Å²) >= 11 is 0. The van der Waals surface area contributed by atoms with Gasteiger partial charge in [-0.05, 0) is 95.1 Å². The van der Waals surface area contributed by atoms with Crippen molar-refractivity contribution in [3.63, 3.8) is 0 Å². The summed E-state index contributed by atoms with van der Waals surface area (Å²) in [7, 11) is 1.82. The van der Waals surface area contributed by atoms with Crippen LogP contribution in [0.15, 0.2) is 24.3 Å². The zero-order chi connectivity index (χ0) is 26.0. The number of H-pyrrole nitrogens is 1. The molecule has 0 spiro atoms. The predicted octanol–water partition coefficient (Wildman–Crippen LogP) is 7.49. The van der Waals surface area contributed by atoms with Gasteiger partial charge < -0.3 is 14.6 Å². The lowest BCUT2D eigenvalue weighted by molar-refractivity contribution is -0.124. The number of aromatic amines is 1. The number of hydrogen-bond donors (Lipinski definition) is 1. The molecule has 1 heterocycles. The van der Waals surface area contributed by atoms with Crippen LogP contribution in [-0.2, 0) is 16.0 Å². The van der Waals surface area contributed by atoms with Crippen molar-refractivity contribution in [1.82, 2.24) is 9.88 Å². The molecular formula is C31H46N2O3. The molecule has 0 bridgehead atoms. The van der Waals surface area contributed by atoms with Gasteiger partial charge in [0.15, 0.2) is 0 Å². The molecule has 0 aliphatic heterocycles. The van der Waals surface area contributed by atoms with E-state index in [4.69, 9.17) is 4.74 Å². The van der Waals surface area contributed by atoms with Gasteiger partial charge in [-0.15, -0.1) is 0 Å². The number of carbonyl (C=O) groups is 2. The molecule has 0 radical (unpaired) electrons. The highest BCUT2D eigenvalue weighted by Crippen LogP contribution is 2.45. The van der Waals surface area contributed by atoms with Crippen LogP contribution in [-0.4, -0.2) is 41.0 Å². The maximum atomic E-state index is 13.2. The smallest absolute Gasteiger partial charge is 0.410 e. The third kappa shape index (κ3) is 6.15. The summed E-state index contributed by atoms with van der Waals surface area (Å²) in [6, 6.07) is 8.67. The monoisotopic (exact) mass is 494 g/mol. The van der Waals surface area contributed by atoms with Gasteiger partial charge >= 0.3 is 6.09 Å². The molecule has 2 aromatic rings. The van der Waals surface area contributed by atoms with Crippen LogP contribution >= 0.6 is 0 Å². The van der Waals surface area contributed by atoms with Crippen molar-refractivity contribution in [1.29, 1.82) is 0 Å². The van der Waals surface area contributed by atoms with Crippen LogP contribution in [0.5, 0.6) is 0 Å². The van der Waals surface area contributed by atoms with Gasteiger partial charge in [0.05, 0.1) is 0 Å². The summed E-state index contributed by atoms with van der Waals surface area (Å²) in [5, 5.41) is 1.38. The van der Waals surface area contributed by atoms with Crippen LogP contribution < -0.4 is 0 Å². The van der Waals surface area contributed by atoms with E-state index >= 15 is 0 Å². The summed E-state index contributed by atoms with van der Waals surface area (Å²) < 4.78 is 5.48. The molecule has 1 aromatic heterocycles. The highest BCUT2D eigenvalue weighted by molar-refractivity contribution is 5.85. The van der Waals surface area contributed by atoms with E-state index in [0.29, 0.717) is 42.4 Å². The van der Waals surface area contributed by atoms with Gasteiger partial charge in [0.1, 0.15) is 11.4 Å². The number of ketones is 1. The lowest BCUT2D eigenvalue weighted by atomic mass is 9.70. The Morgan fingerprint density at radius 3 is 2.44 bits per heavy atom. The molecule has 0 saturated heterocycles. The molecule has 2 unspecified atom stereocenters. The molecule has 1 fully saturated rings. The first-order valence-electron chi connectivity index (χ1n) is 14.1. The van der Waals surface area contributed by atoms with Crippen molar-refractivity contribution in [3.05, 3.63) is 35.5 Å². The Labute approximate surface area is 217 Å². The van der Waals surface area contributed by atoms with Gasteiger partial charge in [-0.25, -0.2) is 4.79 Å². The maximum absolute atomic E-state index is 13.2. The van der Waals surface area contributed by atoms with E-state index < -0.39 is 5.60 Å². The summed E-state index contributed by atoms with van der Waals surface area (Å²) in [6.45, 7) is 11.0. The number of aryl methyl sites for hydroxylation is 1. The van der Waals surface area contributed by atoms with E-state index in [1.807, 2.05) is 27.8 Å². The molecule has 1 saturated carbocycles. The molecule has 5 heteroatoms. The Kier molecular flexibility index (Phi) is 8.16. The zero-order valence-electron chi connectivity index (χ0n) is 23.2. The number of para-hydroxylation sites is 1. The molecule has 1 amide bonds. The van der Waals surface area contributed by atoms with Crippen molar-refractivity contribution in [2.75, 3.05) is 13.6 Å². The molecular weight excluding hydrogens is 448 g/mol. The van der Waals surface area contributed by atoms with Crippen molar-refractivity contribution in [3.8, 4) is 0 Å². The van der Waals surface area contributed by atoms with Crippen LogP contribution in [0.1, 0.15) is 96.7 Å². The number of amides is 1. The van der Waals surface area contributed by atoms with Gasteiger partial charge in [0.2, 0.25) is 0 Å². The van der Waals surface area contributed by atoms with Crippen LogP contribution in [0, 0.1) is 23.7 Å². The Bertz CT molecular complexity index is 1060. The Balaban J connectivity index is 1.28. The Morgan fingerprint density at radius 1 is 1.08 bits per heavy atom. The maximum Gasteiger partial charge on any atom is 0.410 e. The van der Waals surface area contributed by atoms with Crippen LogP contribution in [0.2, 0.25) is 0 Å².